The highest BCUT2D eigenvalue weighted by molar-refractivity contribution is 5.85. The molecule has 0 radical (unpaired) electrons. The van der Waals surface area contributed by atoms with E-state index in [1.807, 2.05) is 0 Å². The third-order valence-corrected chi connectivity index (χ3v) is 1.77. The number of methoxy groups -OCH3 is 1. The van der Waals surface area contributed by atoms with Gasteiger partial charge in [-0.25, -0.2) is 0 Å². The van der Waals surface area contributed by atoms with Gasteiger partial charge in [0.25, 0.3) is 0 Å². The molecule has 0 aromatic carbocycles. The number of carbonyl (C=O) groups excluding carboxylic acids is 1. The van der Waals surface area contributed by atoms with Gasteiger partial charge in [0.2, 0.25) is 5.91 Å². The number of halogens is 1. The summed E-state index contributed by atoms with van der Waals surface area (Å²) in [4.78, 5) is 10.6. The van der Waals surface area contributed by atoms with E-state index in [0.29, 0.717) is 6.42 Å². The Balaban J connectivity index is 0.000001000. The molecule has 1 heterocycles. The van der Waals surface area contributed by atoms with Crippen LogP contribution in [0.25, 0.3) is 0 Å². The van der Waals surface area contributed by atoms with E-state index in [2.05, 4.69) is 5.32 Å². The predicted octanol–water partition coefficient (Wildman–Crippen LogP) is -0.730. The first kappa shape index (κ1) is 10.7. The molecular formula is C6H13ClN2O2. The molecule has 3 N–H and O–H groups in total. The molecule has 1 saturated heterocycles. The maximum absolute atomic E-state index is 10.6. The lowest BCUT2D eigenvalue weighted by Crippen LogP contribution is -2.36. The van der Waals surface area contributed by atoms with E-state index in [1.54, 1.807) is 7.11 Å². The van der Waals surface area contributed by atoms with E-state index >= 15 is 0 Å². The molecule has 0 bridgehead atoms. The van der Waals surface area contributed by atoms with Crippen molar-refractivity contribution in [2.75, 3.05) is 13.7 Å². The molecule has 0 spiro atoms. The SMILES string of the molecule is COC1CNC(C(N)=O)C1.Cl. The summed E-state index contributed by atoms with van der Waals surface area (Å²) in [6.07, 6.45) is 0.851. The Bertz CT molecular complexity index is 143. The molecule has 1 aliphatic rings. The molecule has 1 aliphatic heterocycles. The zero-order valence-electron chi connectivity index (χ0n) is 6.37. The van der Waals surface area contributed by atoms with Gasteiger partial charge in [-0.3, -0.25) is 4.79 Å². The van der Waals surface area contributed by atoms with Crippen LogP contribution in [0.4, 0.5) is 0 Å². The number of hydrogen-bond donors (Lipinski definition) is 2. The van der Waals surface area contributed by atoms with E-state index in [-0.39, 0.29) is 30.5 Å². The summed E-state index contributed by atoms with van der Waals surface area (Å²) in [7, 11) is 1.63. The molecule has 1 amide bonds. The summed E-state index contributed by atoms with van der Waals surface area (Å²) in [5, 5.41) is 2.96. The van der Waals surface area contributed by atoms with Crippen LogP contribution < -0.4 is 11.1 Å². The van der Waals surface area contributed by atoms with Crippen LogP contribution in [0, 0.1) is 0 Å². The molecule has 11 heavy (non-hydrogen) atoms. The fourth-order valence-electron chi connectivity index (χ4n) is 1.10. The zero-order chi connectivity index (χ0) is 7.56. The summed E-state index contributed by atoms with van der Waals surface area (Å²) < 4.78 is 5.02. The molecule has 1 rings (SSSR count). The lowest BCUT2D eigenvalue weighted by atomic mass is 10.2. The Morgan fingerprint density at radius 3 is 2.64 bits per heavy atom. The van der Waals surface area contributed by atoms with Crippen molar-refractivity contribution in [1.82, 2.24) is 5.32 Å². The van der Waals surface area contributed by atoms with E-state index in [9.17, 15) is 4.79 Å². The average Bonchev–Trinajstić information content (AvgIpc) is 2.34. The van der Waals surface area contributed by atoms with Crippen molar-refractivity contribution in [1.29, 1.82) is 0 Å². The van der Waals surface area contributed by atoms with Gasteiger partial charge >= 0.3 is 0 Å². The second-order valence-corrected chi connectivity index (χ2v) is 2.46. The molecule has 0 saturated carbocycles. The van der Waals surface area contributed by atoms with E-state index in [1.165, 1.54) is 0 Å². The number of ether oxygens (including phenoxy) is 1. The summed E-state index contributed by atoms with van der Waals surface area (Å²) in [6, 6.07) is -0.190. The van der Waals surface area contributed by atoms with Crippen LogP contribution in [0.1, 0.15) is 6.42 Å². The lowest BCUT2D eigenvalue weighted by Gasteiger charge is -2.04. The van der Waals surface area contributed by atoms with Crippen molar-refractivity contribution in [2.24, 2.45) is 5.73 Å². The van der Waals surface area contributed by atoms with Gasteiger partial charge in [-0.2, -0.15) is 0 Å². The standard InChI is InChI=1S/C6H12N2O2.ClH/c1-10-4-2-5(6(7)9)8-3-4;/h4-5,8H,2-3H2,1H3,(H2,7,9);1H. The number of nitrogens with two attached hydrogens (primary N) is 1. The molecule has 2 unspecified atom stereocenters. The van der Waals surface area contributed by atoms with Crippen LogP contribution in [0.15, 0.2) is 0 Å². The molecule has 66 valence electrons. The number of rotatable bonds is 2. The fourth-order valence-corrected chi connectivity index (χ4v) is 1.10. The minimum absolute atomic E-state index is 0. The second kappa shape index (κ2) is 4.54. The number of carbonyl (C=O) groups is 1. The first-order valence-electron chi connectivity index (χ1n) is 3.29. The first-order chi connectivity index (χ1) is 4.74. The maximum atomic E-state index is 10.6. The topological polar surface area (TPSA) is 64.3 Å². The van der Waals surface area contributed by atoms with Gasteiger partial charge < -0.3 is 15.8 Å². The van der Waals surface area contributed by atoms with Crippen molar-refractivity contribution in [3.63, 3.8) is 0 Å². The lowest BCUT2D eigenvalue weighted by molar-refractivity contribution is -0.119. The van der Waals surface area contributed by atoms with E-state index < -0.39 is 0 Å². The van der Waals surface area contributed by atoms with Crippen molar-refractivity contribution < 1.29 is 9.53 Å². The highest BCUT2D eigenvalue weighted by atomic mass is 35.5. The minimum Gasteiger partial charge on any atom is -0.380 e. The van der Waals surface area contributed by atoms with E-state index in [0.717, 1.165) is 6.54 Å². The predicted molar refractivity (Wildman–Crippen MR) is 43.6 cm³/mol. The number of primary amides is 1. The molecular weight excluding hydrogens is 168 g/mol. The zero-order valence-corrected chi connectivity index (χ0v) is 7.19. The second-order valence-electron chi connectivity index (χ2n) is 2.46. The van der Waals surface area contributed by atoms with Gasteiger partial charge in [0, 0.05) is 13.7 Å². The largest absolute Gasteiger partial charge is 0.380 e. The Morgan fingerprint density at radius 2 is 2.36 bits per heavy atom. The van der Waals surface area contributed by atoms with Crippen LogP contribution in [-0.2, 0) is 9.53 Å². The highest BCUT2D eigenvalue weighted by Gasteiger charge is 2.27. The Kier molecular flexibility index (Phi) is 4.40. The smallest absolute Gasteiger partial charge is 0.234 e. The molecule has 5 heteroatoms. The van der Waals surface area contributed by atoms with Gasteiger partial charge in [0.15, 0.2) is 0 Å². The number of hydrogen-bond acceptors (Lipinski definition) is 3. The van der Waals surface area contributed by atoms with Crippen LogP contribution >= 0.6 is 12.4 Å². The van der Waals surface area contributed by atoms with Crippen LogP contribution in [0.2, 0.25) is 0 Å². The Morgan fingerprint density at radius 1 is 1.73 bits per heavy atom. The van der Waals surface area contributed by atoms with Crippen LogP contribution in [0.5, 0.6) is 0 Å². The summed E-state index contributed by atoms with van der Waals surface area (Å²) >= 11 is 0. The van der Waals surface area contributed by atoms with Crippen molar-refractivity contribution >= 4 is 18.3 Å². The van der Waals surface area contributed by atoms with Crippen molar-refractivity contribution in [2.45, 2.75) is 18.6 Å². The van der Waals surface area contributed by atoms with Gasteiger partial charge in [0.05, 0.1) is 12.1 Å². The average molecular weight is 181 g/mol. The van der Waals surface area contributed by atoms with Crippen LogP contribution in [-0.4, -0.2) is 31.7 Å². The fraction of sp³-hybridized carbons (Fsp3) is 0.833. The third kappa shape index (κ3) is 2.65. The van der Waals surface area contributed by atoms with Gasteiger partial charge in [-0.1, -0.05) is 0 Å². The first-order valence-corrected chi connectivity index (χ1v) is 3.29. The van der Waals surface area contributed by atoms with Gasteiger partial charge in [0.1, 0.15) is 0 Å². The maximum Gasteiger partial charge on any atom is 0.234 e. The van der Waals surface area contributed by atoms with Crippen molar-refractivity contribution in [3.8, 4) is 0 Å². The third-order valence-electron chi connectivity index (χ3n) is 1.77. The monoisotopic (exact) mass is 180 g/mol. The highest BCUT2D eigenvalue weighted by Crippen LogP contribution is 2.08. The molecule has 0 aromatic heterocycles. The van der Waals surface area contributed by atoms with Gasteiger partial charge in [-0.05, 0) is 6.42 Å². The summed E-state index contributed by atoms with van der Waals surface area (Å²) in [5.74, 6) is -0.292. The normalized spacial score (nSPS) is 29.5. The quantitative estimate of drug-likeness (QED) is 0.589. The molecule has 4 nitrogen and oxygen atoms in total. The summed E-state index contributed by atoms with van der Waals surface area (Å²) in [5.41, 5.74) is 5.06. The molecule has 0 aromatic rings. The van der Waals surface area contributed by atoms with Crippen LogP contribution in [0.3, 0.4) is 0 Å². The molecule has 1 fully saturated rings. The molecule has 2 atom stereocenters. The summed E-state index contributed by atoms with van der Waals surface area (Å²) in [6.45, 7) is 0.726. The Hall–Kier alpha value is -0.320. The number of amides is 1. The molecule has 0 aliphatic carbocycles. The minimum atomic E-state index is -0.292. The van der Waals surface area contributed by atoms with Crippen molar-refractivity contribution in [3.05, 3.63) is 0 Å². The van der Waals surface area contributed by atoms with E-state index in [4.69, 9.17) is 10.5 Å². The Labute approximate surface area is 71.9 Å². The van der Waals surface area contributed by atoms with Gasteiger partial charge in [-0.15, -0.1) is 12.4 Å². The number of nitrogens with one attached hydrogen (secondary N) is 1.